The summed E-state index contributed by atoms with van der Waals surface area (Å²) in [4.78, 5) is 0. The first-order valence-corrected chi connectivity index (χ1v) is 4.92. The van der Waals surface area contributed by atoms with Gasteiger partial charge in [0.1, 0.15) is 0 Å². The van der Waals surface area contributed by atoms with Crippen LogP contribution >= 0.6 is 0 Å². The minimum absolute atomic E-state index is 1.18. The van der Waals surface area contributed by atoms with Crippen molar-refractivity contribution in [3.63, 3.8) is 0 Å². The van der Waals surface area contributed by atoms with Crippen molar-refractivity contribution in [3.05, 3.63) is 54.6 Å². The van der Waals surface area contributed by atoms with Crippen molar-refractivity contribution in [3.8, 4) is 11.1 Å². The standard InChI is InChI=1S/C12H9.Pd/c1-3-7-11(8-4-1)12-9-5-2-6-10-12;/h1-9H;/q;+1. The van der Waals surface area contributed by atoms with Gasteiger partial charge in [0.05, 0.1) is 0 Å². The summed E-state index contributed by atoms with van der Waals surface area (Å²) < 4.78 is 1.18. The van der Waals surface area contributed by atoms with Gasteiger partial charge in [0.2, 0.25) is 0 Å². The summed E-state index contributed by atoms with van der Waals surface area (Å²) in [7, 11) is 0. The van der Waals surface area contributed by atoms with E-state index in [-0.39, 0.29) is 0 Å². The van der Waals surface area contributed by atoms with Crippen LogP contribution in [-0.2, 0) is 19.2 Å². The summed E-state index contributed by atoms with van der Waals surface area (Å²) in [6.07, 6.45) is 0. The number of hydrogen-bond acceptors (Lipinski definition) is 0. The van der Waals surface area contributed by atoms with Crippen molar-refractivity contribution >= 4 is 4.04 Å². The Bertz CT molecular complexity index is 393. The number of hydrogen-bond donors (Lipinski definition) is 0. The normalized spacial score (nSPS) is 10.0. The molecule has 0 aliphatic heterocycles. The Morgan fingerprint density at radius 2 is 1.31 bits per heavy atom. The maximum atomic E-state index is 3.25. The van der Waals surface area contributed by atoms with Gasteiger partial charge < -0.3 is 0 Å². The molecule has 0 aliphatic rings. The van der Waals surface area contributed by atoms with Crippen molar-refractivity contribution in [1.29, 1.82) is 0 Å². The van der Waals surface area contributed by atoms with E-state index in [2.05, 4.69) is 61.7 Å². The molecule has 0 spiro atoms. The fourth-order valence-corrected chi connectivity index (χ4v) is 1.80. The van der Waals surface area contributed by atoms with Crippen molar-refractivity contribution in [1.82, 2.24) is 0 Å². The molecule has 0 fully saturated rings. The summed E-state index contributed by atoms with van der Waals surface area (Å²) in [6, 6.07) is 18.7. The van der Waals surface area contributed by atoms with Gasteiger partial charge in [-0.05, 0) is 0 Å². The Kier molecular flexibility index (Phi) is 2.59. The average Bonchev–Trinajstić information content (AvgIpc) is 2.20. The zero-order chi connectivity index (χ0) is 9.10. The Balaban J connectivity index is 2.54. The van der Waals surface area contributed by atoms with Gasteiger partial charge in [-0.1, -0.05) is 0 Å². The molecule has 13 heavy (non-hydrogen) atoms. The zero-order valence-electron chi connectivity index (χ0n) is 7.01. The average molecular weight is 260 g/mol. The predicted molar refractivity (Wildman–Crippen MR) is 51.5 cm³/mol. The van der Waals surface area contributed by atoms with Gasteiger partial charge in [0.15, 0.2) is 0 Å². The van der Waals surface area contributed by atoms with Crippen LogP contribution in [0.5, 0.6) is 0 Å². The van der Waals surface area contributed by atoms with Gasteiger partial charge in [-0.15, -0.1) is 0 Å². The van der Waals surface area contributed by atoms with Crippen molar-refractivity contribution in [2.24, 2.45) is 0 Å². The SMILES string of the molecule is [Pd+][c]1ccccc1-c1ccccc1. The van der Waals surface area contributed by atoms with Crippen LogP contribution in [0.3, 0.4) is 0 Å². The molecule has 1 heteroatoms. The molecular formula is C12H9Pd+. The first kappa shape index (κ1) is 8.69. The van der Waals surface area contributed by atoms with E-state index in [9.17, 15) is 0 Å². The van der Waals surface area contributed by atoms with E-state index >= 15 is 0 Å². The van der Waals surface area contributed by atoms with Crippen LogP contribution in [0.2, 0.25) is 0 Å². The van der Waals surface area contributed by atoms with Gasteiger partial charge >= 0.3 is 89.0 Å². The molecule has 0 amide bonds. The van der Waals surface area contributed by atoms with Crippen molar-refractivity contribution in [2.45, 2.75) is 0 Å². The van der Waals surface area contributed by atoms with E-state index in [0.717, 1.165) is 0 Å². The topological polar surface area (TPSA) is 0 Å². The van der Waals surface area contributed by atoms with Crippen LogP contribution in [0.1, 0.15) is 0 Å². The Hall–Kier alpha value is -0.898. The molecular weight excluding hydrogens is 251 g/mol. The summed E-state index contributed by atoms with van der Waals surface area (Å²) in [5, 5.41) is 0. The van der Waals surface area contributed by atoms with E-state index in [4.69, 9.17) is 0 Å². The Labute approximate surface area is 89.0 Å². The van der Waals surface area contributed by atoms with E-state index in [0.29, 0.717) is 0 Å². The molecule has 0 saturated heterocycles. The second kappa shape index (κ2) is 3.87. The summed E-state index contributed by atoms with van der Waals surface area (Å²) in [6.45, 7) is 0. The van der Waals surface area contributed by atoms with Gasteiger partial charge in [-0.3, -0.25) is 0 Å². The molecule has 0 radical (unpaired) electrons. The molecule has 0 bridgehead atoms. The van der Waals surface area contributed by atoms with Crippen LogP contribution in [0.4, 0.5) is 0 Å². The third-order valence-electron chi connectivity index (χ3n) is 1.93. The van der Waals surface area contributed by atoms with E-state index < -0.39 is 0 Å². The van der Waals surface area contributed by atoms with Gasteiger partial charge in [0, 0.05) is 0 Å². The number of benzene rings is 2. The molecule has 0 saturated carbocycles. The number of rotatable bonds is 1. The molecule has 0 aromatic heterocycles. The molecule has 0 atom stereocenters. The summed E-state index contributed by atoms with van der Waals surface area (Å²) in [5.74, 6) is 0. The third-order valence-corrected chi connectivity index (χ3v) is 2.61. The summed E-state index contributed by atoms with van der Waals surface area (Å²) >= 11 is 3.25. The van der Waals surface area contributed by atoms with Crippen LogP contribution in [0, 0.1) is 0 Å². The van der Waals surface area contributed by atoms with Crippen molar-refractivity contribution in [2.75, 3.05) is 0 Å². The third kappa shape index (κ3) is 1.88. The van der Waals surface area contributed by atoms with Crippen LogP contribution in [0.15, 0.2) is 54.6 Å². The molecule has 0 aliphatic carbocycles. The molecule has 0 N–H and O–H groups in total. The van der Waals surface area contributed by atoms with Gasteiger partial charge in [-0.2, -0.15) is 0 Å². The van der Waals surface area contributed by atoms with Crippen LogP contribution in [0.25, 0.3) is 11.1 Å². The molecule has 0 unspecified atom stereocenters. The quantitative estimate of drug-likeness (QED) is 0.691. The predicted octanol–water partition coefficient (Wildman–Crippen LogP) is 2.53. The zero-order valence-corrected chi connectivity index (χ0v) is 8.57. The second-order valence-corrected chi connectivity index (χ2v) is 3.65. The van der Waals surface area contributed by atoms with E-state index in [1.807, 2.05) is 12.1 Å². The molecule has 0 nitrogen and oxygen atoms in total. The first-order valence-electron chi connectivity index (χ1n) is 4.15. The monoisotopic (exact) mass is 259 g/mol. The van der Waals surface area contributed by atoms with Crippen molar-refractivity contribution < 1.29 is 19.2 Å². The maximum absolute atomic E-state index is 3.25. The van der Waals surface area contributed by atoms with Gasteiger partial charge in [-0.25, -0.2) is 0 Å². The molecule has 2 aromatic rings. The second-order valence-electron chi connectivity index (χ2n) is 2.81. The molecule has 2 rings (SSSR count). The van der Waals surface area contributed by atoms with Crippen LogP contribution < -0.4 is 4.04 Å². The first-order chi connectivity index (χ1) is 6.38. The molecule has 66 valence electrons. The fraction of sp³-hybridized carbons (Fsp3) is 0. The minimum atomic E-state index is 1.18. The summed E-state index contributed by atoms with van der Waals surface area (Å²) in [5.41, 5.74) is 2.51. The van der Waals surface area contributed by atoms with Gasteiger partial charge in [0.25, 0.3) is 0 Å². The fourth-order valence-electron chi connectivity index (χ4n) is 1.29. The molecule has 0 heterocycles. The Morgan fingerprint density at radius 3 is 2.00 bits per heavy atom. The van der Waals surface area contributed by atoms with E-state index in [1.165, 1.54) is 15.2 Å². The Morgan fingerprint density at radius 1 is 0.692 bits per heavy atom. The van der Waals surface area contributed by atoms with Crippen LogP contribution in [-0.4, -0.2) is 0 Å². The molecule has 2 aromatic carbocycles. The van der Waals surface area contributed by atoms with E-state index in [1.54, 1.807) is 0 Å².